The SMILES string of the molecule is CNCc1cc(S(=O)(=O)Nc2cc(F)cc(Cl)c2)cn1C. The van der Waals surface area contributed by atoms with Gasteiger partial charge in [-0.3, -0.25) is 4.72 Å². The van der Waals surface area contributed by atoms with Crippen molar-refractivity contribution in [3.63, 3.8) is 0 Å². The molecule has 0 saturated heterocycles. The van der Waals surface area contributed by atoms with E-state index in [0.29, 0.717) is 6.54 Å². The second-order valence-corrected chi connectivity index (χ2v) is 6.69. The van der Waals surface area contributed by atoms with Crippen LogP contribution in [0, 0.1) is 5.82 Å². The van der Waals surface area contributed by atoms with E-state index >= 15 is 0 Å². The van der Waals surface area contributed by atoms with Crippen LogP contribution in [-0.2, 0) is 23.6 Å². The van der Waals surface area contributed by atoms with Gasteiger partial charge in [0.2, 0.25) is 0 Å². The minimum Gasteiger partial charge on any atom is -0.352 e. The van der Waals surface area contributed by atoms with E-state index in [1.165, 1.54) is 12.3 Å². The Morgan fingerprint density at radius 1 is 1.29 bits per heavy atom. The lowest BCUT2D eigenvalue weighted by Crippen LogP contribution is -2.12. The number of anilines is 1. The smallest absolute Gasteiger partial charge is 0.263 e. The van der Waals surface area contributed by atoms with Gasteiger partial charge < -0.3 is 9.88 Å². The molecule has 1 aromatic heterocycles. The largest absolute Gasteiger partial charge is 0.352 e. The highest BCUT2D eigenvalue weighted by atomic mass is 35.5. The van der Waals surface area contributed by atoms with Gasteiger partial charge >= 0.3 is 0 Å². The summed E-state index contributed by atoms with van der Waals surface area (Å²) in [6.45, 7) is 0.539. The predicted molar refractivity (Wildman–Crippen MR) is 80.4 cm³/mol. The first-order chi connectivity index (χ1) is 9.81. The van der Waals surface area contributed by atoms with E-state index in [4.69, 9.17) is 11.6 Å². The fourth-order valence-corrected chi connectivity index (χ4v) is 3.26. The highest BCUT2D eigenvalue weighted by Crippen LogP contribution is 2.22. The minimum absolute atomic E-state index is 0.0824. The number of rotatable bonds is 5. The highest BCUT2D eigenvalue weighted by molar-refractivity contribution is 7.92. The molecule has 0 amide bonds. The number of hydrogen-bond acceptors (Lipinski definition) is 3. The monoisotopic (exact) mass is 331 g/mol. The maximum Gasteiger partial charge on any atom is 0.263 e. The molecule has 0 radical (unpaired) electrons. The maximum absolute atomic E-state index is 13.2. The van der Waals surface area contributed by atoms with Crippen molar-refractivity contribution in [1.82, 2.24) is 9.88 Å². The van der Waals surface area contributed by atoms with Gasteiger partial charge in [0, 0.05) is 30.5 Å². The Morgan fingerprint density at radius 3 is 2.62 bits per heavy atom. The molecule has 0 aliphatic rings. The molecule has 0 unspecified atom stereocenters. The number of halogens is 2. The zero-order chi connectivity index (χ0) is 15.6. The summed E-state index contributed by atoms with van der Waals surface area (Å²) >= 11 is 5.71. The van der Waals surface area contributed by atoms with Crippen molar-refractivity contribution in [2.24, 2.45) is 7.05 Å². The molecular formula is C13H15ClFN3O2S. The van der Waals surface area contributed by atoms with Crippen molar-refractivity contribution >= 4 is 27.3 Å². The van der Waals surface area contributed by atoms with Crippen LogP contribution in [0.3, 0.4) is 0 Å². The molecule has 0 atom stereocenters. The van der Waals surface area contributed by atoms with Gasteiger partial charge in [0.05, 0.1) is 5.69 Å². The first kappa shape index (κ1) is 15.8. The van der Waals surface area contributed by atoms with Gasteiger partial charge in [-0.25, -0.2) is 12.8 Å². The second kappa shape index (κ2) is 6.05. The Morgan fingerprint density at radius 2 is 2.00 bits per heavy atom. The van der Waals surface area contributed by atoms with Crippen LogP contribution in [0.2, 0.25) is 5.02 Å². The molecule has 0 spiro atoms. The fourth-order valence-electron chi connectivity index (χ4n) is 1.91. The van der Waals surface area contributed by atoms with E-state index in [2.05, 4.69) is 10.0 Å². The summed E-state index contributed by atoms with van der Waals surface area (Å²) in [4.78, 5) is 0.107. The second-order valence-electron chi connectivity index (χ2n) is 4.57. The summed E-state index contributed by atoms with van der Waals surface area (Å²) in [6.07, 6.45) is 1.50. The van der Waals surface area contributed by atoms with Crippen LogP contribution in [0.4, 0.5) is 10.1 Å². The van der Waals surface area contributed by atoms with Crippen LogP contribution in [0.5, 0.6) is 0 Å². The lowest BCUT2D eigenvalue weighted by molar-refractivity contribution is 0.601. The van der Waals surface area contributed by atoms with Gasteiger partial charge in [0.15, 0.2) is 0 Å². The molecule has 8 heteroatoms. The molecule has 2 N–H and O–H groups in total. The van der Waals surface area contributed by atoms with Gasteiger partial charge in [-0.2, -0.15) is 0 Å². The van der Waals surface area contributed by atoms with Crippen molar-refractivity contribution in [2.75, 3.05) is 11.8 Å². The van der Waals surface area contributed by atoms with Crippen molar-refractivity contribution in [2.45, 2.75) is 11.4 Å². The van der Waals surface area contributed by atoms with Crippen LogP contribution in [-0.4, -0.2) is 20.0 Å². The Kier molecular flexibility index (Phi) is 4.55. The van der Waals surface area contributed by atoms with Gasteiger partial charge in [-0.05, 0) is 31.3 Å². The van der Waals surface area contributed by atoms with Crippen LogP contribution >= 0.6 is 11.6 Å². The fraction of sp³-hybridized carbons (Fsp3) is 0.231. The molecule has 0 bridgehead atoms. The first-order valence-electron chi connectivity index (χ1n) is 6.10. The normalized spacial score (nSPS) is 11.6. The molecular weight excluding hydrogens is 317 g/mol. The van der Waals surface area contributed by atoms with Crippen molar-refractivity contribution < 1.29 is 12.8 Å². The quantitative estimate of drug-likeness (QED) is 0.884. The number of aromatic nitrogens is 1. The molecule has 1 heterocycles. The number of aryl methyl sites for hydroxylation is 1. The number of nitrogens with zero attached hydrogens (tertiary/aromatic N) is 1. The molecule has 2 rings (SSSR count). The number of hydrogen-bond donors (Lipinski definition) is 2. The molecule has 0 fully saturated rings. The van der Waals surface area contributed by atoms with Crippen molar-refractivity contribution in [3.05, 3.63) is 47.0 Å². The third-order valence-corrected chi connectivity index (χ3v) is 4.43. The van der Waals surface area contributed by atoms with E-state index in [1.807, 2.05) is 0 Å². The molecule has 5 nitrogen and oxygen atoms in total. The lowest BCUT2D eigenvalue weighted by Gasteiger charge is -2.07. The molecule has 114 valence electrons. The van der Waals surface area contributed by atoms with Gasteiger partial charge in [0.25, 0.3) is 10.0 Å². The molecule has 0 aliphatic heterocycles. The Labute approximate surface area is 127 Å². The first-order valence-corrected chi connectivity index (χ1v) is 7.96. The van der Waals surface area contributed by atoms with Crippen LogP contribution in [0.25, 0.3) is 0 Å². The van der Waals surface area contributed by atoms with E-state index in [0.717, 1.165) is 17.8 Å². The van der Waals surface area contributed by atoms with Gasteiger partial charge in [-0.15, -0.1) is 0 Å². The summed E-state index contributed by atoms with van der Waals surface area (Å²) in [5.41, 5.74) is 0.897. The van der Waals surface area contributed by atoms with E-state index < -0.39 is 15.8 Å². The molecule has 0 aliphatic carbocycles. The Balaban J connectivity index is 2.31. The molecule has 21 heavy (non-hydrogen) atoms. The molecule has 0 saturated carbocycles. The Bertz CT molecular complexity index is 739. The summed E-state index contributed by atoms with van der Waals surface area (Å²) in [6, 6.07) is 5.08. The highest BCUT2D eigenvalue weighted by Gasteiger charge is 2.18. The van der Waals surface area contributed by atoms with Gasteiger partial charge in [-0.1, -0.05) is 11.6 Å². The minimum atomic E-state index is -3.79. The predicted octanol–water partition coefficient (Wildman–Crippen LogP) is 2.34. The molecule has 2 aromatic rings. The van der Waals surface area contributed by atoms with Gasteiger partial charge in [0.1, 0.15) is 10.7 Å². The average molecular weight is 332 g/mol. The number of benzene rings is 1. The summed E-state index contributed by atoms with van der Waals surface area (Å²) in [5.74, 6) is -0.607. The lowest BCUT2D eigenvalue weighted by atomic mass is 10.3. The summed E-state index contributed by atoms with van der Waals surface area (Å²) in [7, 11) is -0.264. The standard InChI is InChI=1S/C13H15ClFN3O2S/c1-16-7-12-6-13(8-18(12)2)21(19,20)17-11-4-9(14)3-10(15)5-11/h3-6,8,16-17H,7H2,1-2H3. The van der Waals surface area contributed by atoms with Crippen LogP contribution < -0.4 is 10.0 Å². The average Bonchev–Trinajstić information content (AvgIpc) is 2.70. The third-order valence-electron chi connectivity index (χ3n) is 2.87. The Hall–Kier alpha value is -1.57. The van der Waals surface area contributed by atoms with Crippen molar-refractivity contribution in [3.8, 4) is 0 Å². The summed E-state index contributed by atoms with van der Waals surface area (Å²) in [5, 5.41) is 3.07. The van der Waals surface area contributed by atoms with Crippen LogP contribution in [0.15, 0.2) is 35.4 Å². The topological polar surface area (TPSA) is 63.1 Å². The van der Waals surface area contributed by atoms with E-state index in [1.54, 1.807) is 24.7 Å². The third kappa shape index (κ3) is 3.75. The number of sulfonamides is 1. The van der Waals surface area contributed by atoms with E-state index in [9.17, 15) is 12.8 Å². The maximum atomic E-state index is 13.2. The zero-order valence-corrected chi connectivity index (χ0v) is 13.1. The number of nitrogens with one attached hydrogen (secondary N) is 2. The van der Waals surface area contributed by atoms with Crippen molar-refractivity contribution in [1.29, 1.82) is 0 Å². The van der Waals surface area contributed by atoms with E-state index in [-0.39, 0.29) is 15.6 Å². The van der Waals surface area contributed by atoms with Crippen LogP contribution in [0.1, 0.15) is 5.69 Å². The molecule has 1 aromatic carbocycles. The summed E-state index contributed by atoms with van der Waals surface area (Å²) < 4.78 is 41.8. The zero-order valence-electron chi connectivity index (χ0n) is 11.5.